The molecule has 6 heteroatoms. The summed E-state index contributed by atoms with van der Waals surface area (Å²) in [4.78, 5) is 23.8. The van der Waals surface area contributed by atoms with Crippen LogP contribution in [-0.4, -0.2) is 19.0 Å². The minimum Gasteiger partial charge on any atom is -0.465 e. The molecule has 114 valence electrons. The number of methoxy groups -OCH3 is 1. The summed E-state index contributed by atoms with van der Waals surface area (Å²) in [6.45, 7) is 0. The Morgan fingerprint density at radius 1 is 1.23 bits per heavy atom. The van der Waals surface area contributed by atoms with Crippen LogP contribution in [0.3, 0.4) is 0 Å². The lowest BCUT2D eigenvalue weighted by atomic mass is 10.1. The molecule has 22 heavy (non-hydrogen) atoms. The minimum atomic E-state index is -0.545. The normalized spacial score (nSPS) is 10.1. The maximum Gasteiger partial charge on any atom is 0.339 e. The first-order chi connectivity index (χ1) is 10.5. The number of rotatable bonds is 4. The number of anilines is 2. The van der Waals surface area contributed by atoms with Crippen molar-refractivity contribution < 1.29 is 14.3 Å². The monoisotopic (exact) mass is 318 g/mol. The number of amides is 1. The highest BCUT2D eigenvalue weighted by Crippen LogP contribution is 2.22. The molecular formula is C16H15ClN2O3. The van der Waals surface area contributed by atoms with Gasteiger partial charge in [-0.2, -0.15) is 0 Å². The molecule has 5 nitrogen and oxygen atoms in total. The molecule has 0 saturated heterocycles. The number of hydrogen-bond donors (Lipinski definition) is 2. The Labute approximate surface area is 133 Å². The fraction of sp³-hybridized carbons (Fsp3) is 0.125. The second-order valence-electron chi connectivity index (χ2n) is 4.65. The molecule has 3 N–H and O–H groups in total. The molecule has 0 aliphatic carbocycles. The Balaban J connectivity index is 2.17. The molecule has 0 spiro atoms. The van der Waals surface area contributed by atoms with E-state index in [9.17, 15) is 9.59 Å². The topological polar surface area (TPSA) is 81.4 Å². The van der Waals surface area contributed by atoms with Gasteiger partial charge in [0.1, 0.15) is 0 Å². The van der Waals surface area contributed by atoms with Crippen molar-refractivity contribution in [3.8, 4) is 0 Å². The van der Waals surface area contributed by atoms with Crippen LogP contribution in [0.1, 0.15) is 15.9 Å². The average Bonchev–Trinajstić information content (AvgIpc) is 2.46. The van der Waals surface area contributed by atoms with Gasteiger partial charge < -0.3 is 15.8 Å². The highest BCUT2D eigenvalue weighted by atomic mass is 35.5. The van der Waals surface area contributed by atoms with Gasteiger partial charge >= 0.3 is 5.97 Å². The predicted octanol–water partition coefficient (Wildman–Crippen LogP) is 2.89. The summed E-state index contributed by atoms with van der Waals surface area (Å²) >= 11 is 5.91. The third-order valence-electron chi connectivity index (χ3n) is 2.98. The van der Waals surface area contributed by atoms with Crippen LogP contribution in [-0.2, 0) is 16.0 Å². The van der Waals surface area contributed by atoms with Crippen LogP contribution >= 0.6 is 11.6 Å². The molecule has 0 aliphatic rings. The van der Waals surface area contributed by atoms with E-state index >= 15 is 0 Å². The Kier molecular flexibility index (Phi) is 5.01. The summed E-state index contributed by atoms with van der Waals surface area (Å²) in [6.07, 6.45) is 0.137. The molecule has 0 aliphatic heterocycles. The summed E-state index contributed by atoms with van der Waals surface area (Å²) in [7, 11) is 1.27. The SMILES string of the molecule is COC(=O)c1ccc(Cl)cc1NC(=O)Cc1cccc(N)c1. The second kappa shape index (κ2) is 6.95. The predicted molar refractivity (Wildman–Crippen MR) is 86.0 cm³/mol. The van der Waals surface area contributed by atoms with Gasteiger partial charge in [0, 0.05) is 10.7 Å². The maximum atomic E-state index is 12.1. The summed E-state index contributed by atoms with van der Waals surface area (Å²) in [5.41, 5.74) is 7.60. The molecule has 0 fully saturated rings. The number of carbonyl (C=O) groups is 2. The van der Waals surface area contributed by atoms with Crippen molar-refractivity contribution in [2.45, 2.75) is 6.42 Å². The van der Waals surface area contributed by atoms with E-state index in [0.717, 1.165) is 5.56 Å². The van der Waals surface area contributed by atoms with Crippen LogP contribution in [0, 0.1) is 0 Å². The molecule has 0 atom stereocenters. The molecule has 1 amide bonds. The molecule has 0 heterocycles. The van der Waals surface area contributed by atoms with Crippen molar-refractivity contribution in [2.75, 3.05) is 18.2 Å². The van der Waals surface area contributed by atoms with Gasteiger partial charge in [0.05, 0.1) is 24.8 Å². The maximum absolute atomic E-state index is 12.1. The molecule has 2 rings (SSSR count). The van der Waals surface area contributed by atoms with Crippen molar-refractivity contribution in [2.24, 2.45) is 0 Å². The van der Waals surface area contributed by atoms with E-state index < -0.39 is 5.97 Å². The van der Waals surface area contributed by atoms with Gasteiger partial charge in [-0.15, -0.1) is 0 Å². The van der Waals surface area contributed by atoms with E-state index in [1.165, 1.54) is 19.2 Å². The lowest BCUT2D eigenvalue weighted by Gasteiger charge is -2.10. The van der Waals surface area contributed by atoms with Crippen molar-refractivity contribution in [3.63, 3.8) is 0 Å². The number of benzene rings is 2. The lowest BCUT2D eigenvalue weighted by molar-refractivity contribution is -0.115. The van der Waals surface area contributed by atoms with Gasteiger partial charge in [-0.05, 0) is 35.9 Å². The number of nitrogens with two attached hydrogens (primary N) is 1. The Bertz CT molecular complexity index is 716. The molecular weight excluding hydrogens is 304 g/mol. The standard InChI is InChI=1S/C16H15ClN2O3/c1-22-16(21)13-6-5-11(17)9-14(13)19-15(20)8-10-3-2-4-12(18)7-10/h2-7,9H,8,18H2,1H3,(H,19,20). The molecule has 2 aromatic carbocycles. The zero-order valence-electron chi connectivity index (χ0n) is 11.9. The minimum absolute atomic E-state index is 0.137. The molecule has 0 unspecified atom stereocenters. The zero-order chi connectivity index (χ0) is 16.1. The Morgan fingerprint density at radius 3 is 2.68 bits per heavy atom. The van der Waals surface area contributed by atoms with E-state index in [4.69, 9.17) is 17.3 Å². The van der Waals surface area contributed by atoms with Gasteiger partial charge in [-0.3, -0.25) is 4.79 Å². The van der Waals surface area contributed by atoms with E-state index in [2.05, 4.69) is 10.1 Å². The fourth-order valence-corrected chi connectivity index (χ4v) is 2.16. The number of esters is 1. The van der Waals surface area contributed by atoms with E-state index in [0.29, 0.717) is 16.4 Å². The number of ether oxygens (including phenoxy) is 1. The average molecular weight is 319 g/mol. The third-order valence-corrected chi connectivity index (χ3v) is 3.21. The van der Waals surface area contributed by atoms with Crippen LogP contribution in [0.15, 0.2) is 42.5 Å². The number of halogens is 1. The lowest BCUT2D eigenvalue weighted by Crippen LogP contribution is -2.17. The number of nitrogen functional groups attached to an aromatic ring is 1. The van der Waals surface area contributed by atoms with Gasteiger partial charge in [0.15, 0.2) is 0 Å². The van der Waals surface area contributed by atoms with E-state index in [1.54, 1.807) is 30.3 Å². The molecule has 0 saturated carbocycles. The van der Waals surface area contributed by atoms with Crippen molar-refractivity contribution in [3.05, 3.63) is 58.6 Å². The molecule has 0 aromatic heterocycles. The first kappa shape index (κ1) is 15.9. The largest absolute Gasteiger partial charge is 0.465 e. The third kappa shape index (κ3) is 3.99. The van der Waals surface area contributed by atoms with E-state index in [-0.39, 0.29) is 17.9 Å². The van der Waals surface area contributed by atoms with Gasteiger partial charge in [-0.25, -0.2) is 4.79 Å². The summed E-state index contributed by atoms with van der Waals surface area (Å²) in [5.74, 6) is -0.825. The Hall–Kier alpha value is -2.53. The summed E-state index contributed by atoms with van der Waals surface area (Å²) in [5, 5.41) is 3.08. The van der Waals surface area contributed by atoms with E-state index in [1.807, 2.05) is 0 Å². The van der Waals surface area contributed by atoms with Gasteiger partial charge in [0.25, 0.3) is 0 Å². The van der Waals surface area contributed by atoms with Crippen LogP contribution in [0.25, 0.3) is 0 Å². The molecule has 2 aromatic rings. The van der Waals surface area contributed by atoms with Gasteiger partial charge in [-0.1, -0.05) is 23.7 Å². The smallest absolute Gasteiger partial charge is 0.339 e. The Morgan fingerprint density at radius 2 is 2.00 bits per heavy atom. The zero-order valence-corrected chi connectivity index (χ0v) is 12.7. The molecule has 0 radical (unpaired) electrons. The number of carbonyl (C=O) groups excluding carboxylic acids is 2. The van der Waals surface area contributed by atoms with Crippen LogP contribution < -0.4 is 11.1 Å². The van der Waals surface area contributed by atoms with Crippen LogP contribution in [0.2, 0.25) is 5.02 Å². The summed E-state index contributed by atoms with van der Waals surface area (Å²) < 4.78 is 4.68. The molecule has 0 bridgehead atoms. The van der Waals surface area contributed by atoms with Gasteiger partial charge in [0.2, 0.25) is 5.91 Å². The fourth-order valence-electron chi connectivity index (χ4n) is 1.99. The highest BCUT2D eigenvalue weighted by molar-refractivity contribution is 6.31. The summed E-state index contributed by atoms with van der Waals surface area (Å²) in [6, 6.07) is 11.6. The second-order valence-corrected chi connectivity index (χ2v) is 5.09. The van der Waals surface area contributed by atoms with Crippen LogP contribution in [0.4, 0.5) is 11.4 Å². The first-order valence-corrected chi connectivity index (χ1v) is 6.89. The number of hydrogen-bond acceptors (Lipinski definition) is 4. The van der Waals surface area contributed by atoms with Crippen molar-refractivity contribution >= 4 is 34.9 Å². The quantitative estimate of drug-likeness (QED) is 0.671. The van der Waals surface area contributed by atoms with Crippen LogP contribution in [0.5, 0.6) is 0 Å². The first-order valence-electron chi connectivity index (χ1n) is 6.51. The van der Waals surface area contributed by atoms with Crippen molar-refractivity contribution in [1.82, 2.24) is 0 Å². The number of nitrogens with one attached hydrogen (secondary N) is 1. The highest BCUT2D eigenvalue weighted by Gasteiger charge is 2.14. The van der Waals surface area contributed by atoms with Crippen molar-refractivity contribution in [1.29, 1.82) is 0 Å².